The maximum absolute atomic E-state index is 13.3. The van der Waals surface area contributed by atoms with Crippen LogP contribution in [0.25, 0.3) is 0 Å². The minimum absolute atomic E-state index is 0.263. The molecule has 1 aliphatic heterocycles. The second-order valence-corrected chi connectivity index (χ2v) is 3.06. The van der Waals surface area contributed by atoms with E-state index >= 15 is 0 Å². The molecule has 0 spiro atoms. The van der Waals surface area contributed by atoms with Crippen LogP contribution in [-0.2, 0) is 5.66 Å². The third-order valence-electron chi connectivity index (χ3n) is 2.10. The van der Waals surface area contributed by atoms with E-state index < -0.39 is 5.66 Å². The van der Waals surface area contributed by atoms with Crippen molar-refractivity contribution >= 4 is 12.4 Å². The summed E-state index contributed by atoms with van der Waals surface area (Å²) in [7, 11) is 0. The molecule has 0 aliphatic carbocycles. The lowest BCUT2D eigenvalue weighted by atomic mass is 10.0. The molecule has 3 heteroatoms. The zero-order valence-electron chi connectivity index (χ0n) is 7.24. The van der Waals surface area contributed by atoms with Gasteiger partial charge in [0.25, 0.3) is 0 Å². The number of aliphatic imine (C=N–C) groups is 2. The van der Waals surface area contributed by atoms with E-state index in [0.29, 0.717) is 5.56 Å². The molecule has 0 fully saturated rings. The van der Waals surface area contributed by atoms with Crippen LogP contribution in [0.3, 0.4) is 0 Å². The van der Waals surface area contributed by atoms with E-state index in [1.165, 1.54) is 6.07 Å². The Bertz CT molecular complexity index is 370. The Balaban J connectivity index is 2.52. The summed E-state index contributed by atoms with van der Waals surface area (Å²) in [5.41, 5.74) is -0.245. The van der Waals surface area contributed by atoms with Crippen molar-refractivity contribution in [3.63, 3.8) is 0 Å². The smallest absolute Gasteiger partial charge is 0.175 e. The summed E-state index contributed by atoms with van der Waals surface area (Å²) in [6.07, 6.45) is 3.18. The van der Waals surface area contributed by atoms with Gasteiger partial charge in [-0.05, 0) is 13.0 Å². The molecule has 0 saturated heterocycles. The molecule has 0 aromatic heterocycles. The number of nitrogens with zero attached hydrogens (tertiary/aromatic N) is 2. The highest BCUT2D eigenvalue weighted by Gasteiger charge is 2.28. The van der Waals surface area contributed by atoms with Gasteiger partial charge >= 0.3 is 0 Å². The Labute approximate surface area is 75.8 Å². The Hall–Kier alpha value is -1.51. The number of halogens is 1. The molecular formula is C10H9FN2. The summed E-state index contributed by atoms with van der Waals surface area (Å²) in [4.78, 5) is 8.22. The second kappa shape index (κ2) is 2.76. The summed E-state index contributed by atoms with van der Waals surface area (Å²) in [6, 6.07) is 6.57. The van der Waals surface area contributed by atoms with Gasteiger partial charge in [0.05, 0.1) is 0 Å². The van der Waals surface area contributed by atoms with Crippen LogP contribution in [0.15, 0.2) is 34.3 Å². The van der Waals surface area contributed by atoms with E-state index in [4.69, 9.17) is 0 Å². The zero-order chi connectivity index (χ0) is 9.31. The van der Waals surface area contributed by atoms with Crippen LogP contribution in [0.5, 0.6) is 0 Å². The lowest BCUT2D eigenvalue weighted by Gasteiger charge is -2.17. The van der Waals surface area contributed by atoms with E-state index in [1.54, 1.807) is 37.6 Å². The lowest BCUT2D eigenvalue weighted by Crippen LogP contribution is -2.15. The summed E-state index contributed by atoms with van der Waals surface area (Å²) < 4.78 is 13.3. The maximum atomic E-state index is 13.3. The van der Waals surface area contributed by atoms with Crippen LogP contribution in [0.4, 0.5) is 4.39 Å². The third kappa shape index (κ3) is 1.26. The van der Waals surface area contributed by atoms with Gasteiger partial charge in [0.1, 0.15) is 5.82 Å². The molecule has 1 aliphatic rings. The minimum Gasteiger partial charge on any atom is -0.257 e. The van der Waals surface area contributed by atoms with E-state index in [9.17, 15) is 4.39 Å². The highest BCUT2D eigenvalue weighted by Crippen LogP contribution is 2.30. The van der Waals surface area contributed by atoms with Gasteiger partial charge in [-0.25, -0.2) is 4.39 Å². The normalized spacial score (nSPS) is 18.0. The van der Waals surface area contributed by atoms with Gasteiger partial charge in [-0.15, -0.1) is 0 Å². The molecule has 1 aromatic carbocycles. The highest BCUT2D eigenvalue weighted by molar-refractivity contribution is 6.17. The van der Waals surface area contributed by atoms with Crippen molar-refractivity contribution in [3.8, 4) is 0 Å². The molecule has 0 saturated carbocycles. The number of benzene rings is 1. The van der Waals surface area contributed by atoms with Gasteiger partial charge in [0.2, 0.25) is 0 Å². The van der Waals surface area contributed by atoms with Gasteiger partial charge in [0, 0.05) is 18.0 Å². The molecule has 2 rings (SSSR count). The standard InChI is InChI=1S/C10H9FN2/c1-10(12-6-7-13-10)8-4-2-3-5-9(8)11/h2-7H,1H3. The highest BCUT2D eigenvalue weighted by atomic mass is 19.1. The Morgan fingerprint density at radius 3 is 2.38 bits per heavy atom. The van der Waals surface area contributed by atoms with Crippen molar-refractivity contribution < 1.29 is 4.39 Å². The van der Waals surface area contributed by atoms with E-state index in [0.717, 1.165) is 0 Å². The predicted molar refractivity (Wildman–Crippen MR) is 50.7 cm³/mol. The first-order valence-corrected chi connectivity index (χ1v) is 4.06. The van der Waals surface area contributed by atoms with Crippen LogP contribution < -0.4 is 0 Å². The van der Waals surface area contributed by atoms with Gasteiger partial charge < -0.3 is 0 Å². The van der Waals surface area contributed by atoms with E-state index in [1.807, 2.05) is 0 Å². The first-order chi connectivity index (χ1) is 6.22. The fourth-order valence-corrected chi connectivity index (χ4v) is 1.37. The van der Waals surface area contributed by atoms with Crippen molar-refractivity contribution in [1.82, 2.24) is 0 Å². The van der Waals surface area contributed by atoms with E-state index in [-0.39, 0.29) is 5.82 Å². The average molecular weight is 176 g/mol. The van der Waals surface area contributed by atoms with Crippen molar-refractivity contribution in [2.45, 2.75) is 12.6 Å². The van der Waals surface area contributed by atoms with Crippen molar-refractivity contribution in [2.24, 2.45) is 9.98 Å². The molecular weight excluding hydrogens is 167 g/mol. The fraction of sp³-hybridized carbons (Fsp3) is 0.200. The lowest BCUT2D eigenvalue weighted by molar-refractivity contribution is 0.494. The molecule has 2 nitrogen and oxygen atoms in total. The SMILES string of the molecule is CC1(c2ccccc2F)N=CC=N1. The monoisotopic (exact) mass is 176 g/mol. The molecule has 0 bridgehead atoms. The van der Waals surface area contributed by atoms with Gasteiger partial charge in [-0.1, -0.05) is 18.2 Å². The molecule has 13 heavy (non-hydrogen) atoms. The first kappa shape index (κ1) is 8.10. The number of rotatable bonds is 1. The number of hydrogen-bond acceptors (Lipinski definition) is 2. The average Bonchev–Trinajstić information content (AvgIpc) is 2.54. The molecule has 0 radical (unpaired) electrons. The van der Waals surface area contributed by atoms with Gasteiger partial charge in [0.15, 0.2) is 5.66 Å². The zero-order valence-corrected chi connectivity index (χ0v) is 7.24. The molecule has 0 unspecified atom stereocenters. The molecule has 66 valence electrons. The topological polar surface area (TPSA) is 24.7 Å². The van der Waals surface area contributed by atoms with Gasteiger partial charge in [-0.3, -0.25) is 9.98 Å². The van der Waals surface area contributed by atoms with Crippen LogP contribution in [0, 0.1) is 5.82 Å². The minimum atomic E-state index is -0.759. The summed E-state index contributed by atoms with van der Waals surface area (Å²) >= 11 is 0. The van der Waals surface area contributed by atoms with Crippen molar-refractivity contribution in [3.05, 3.63) is 35.6 Å². The quantitative estimate of drug-likeness (QED) is 0.626. The fourth-order valence-electron chi connectivity index (χ4n) is 1.37. The maximum Gasteiger partial charge on any atom is 0.175 e. The van der Waals surface area contributed by atoms with Crippen molar-refractivity contribution in [2.75, 3.05) is 0 Å². The Morgan fingerprint density at radius 1 is 1.15 bits per heavy atom. The van der Waals surface area contributed by atoms with Crippen LogP contribution >= 0.6 is 0 Å². The van der Waals surface area contributed by atoms with Crippen LogP contribution in [0.2, 0.25) is 0 Å². The van der Waals surface area contributed by atoms with E-state index in [2.05, 4.69) is 9.98 Å². The Morgan fingerprint density at radius 2 is 1.77 bits per heavy atom. The number of hydrogen-bond donors (Lipinski definition) is 0. The molecule has 0 N–H and O–H groups in total. The second-order valence-electron chi connectivity index (χ2n) is 3.06. The first-order valence-electron chi connectivity index (χ1n) is 4.06. The van der Waals surface area contributed by atoms with Crippen molar-refractivity contribution in [1.29, 1.82) is 0 Å². The Kier molecular flexibility index (Phi) is 1.72. The summed E-state index contributed by atoms with van der Waals surface area (Å²) in [5, 5.41) is 0. The van der Waals surface area contributed by atoms with Crippen LogP contribution in [-0.4, -0.2) is 12.4 Å². The predicted octanol–water partition coefficient (Wildman–Crippen LogP) is 2.15. The molecule has 0 atom stereocenters. The molecule has 0 amide bonds. The third-order valence-corrected chi connectivity index (χ3v) is 2.10. The largest absolute Gasteiger partial charge is 0.257 e. The molecule has 1 heterocycles. The van der Waals surface area contributed by atoms with Gasteiger partial charge in [-0.2, -0.15) is 0 Å². The molecule has 1 aromatic rings. The van der Waals surface area contributed by atoms with Crippen LogP contribution in [0.1, 0.15) is 12.5 Å². The summed E-state index contributed by atoms with van der Waals surface area (Å²) in [6.45, 7) is 1.78. The summed E-state index contributed by atoms with van der Waals surface area (Å²) in [5.74, 6) is -0.263.